The minimum atomic E-state index is -4.55. The number of primary amides is 1. The van der Waals surface area contributed by atoms with Crippen LogP contribution in [0.2, 0.25) is 0 Å². The molecule has 4 rings (SSSR count). The zero-order chi connectivity index (χ0) is 21.9. The van der Waals surface area contributed by atoms with Gasteiger partial charge in [-0.2, -0.15) is 23.4 Å². The number of carbonyl (C=O) groups is 1. The third-order valence-corrected chi connectivity index (χ3v) is 4.39. The van der Waals surface area contributed by atoms with Crippen LogP contribution < -0.4 is 10.5 Å². The summed E-state index contributed by atoms with van der Waals surface area (Å²) in [6.07, 6.45) is 0.585. The predicted molar refractivity (Wildman–Crippen MR) is 99.5 cm³/mol. The fraction of sp³-hybridized carbons (Fsp3) is 0.389. The molecule has 0 saturated carbocycles. The summed E-state index contributed by atoms with van der Waals surface area (Å²) in [5, 5.41) is 7.61. The molecule has 0 aromatic carbocycles. The van der Waals surface area contributed by atoms with Crippen LogP contribution in [0.15, 0.2) is 24.4 Å². The van der Waals surface area contributed by atoms with Gasteiger partial charge in [-0.3, -0.25) is 9.48 Å². The Morgan fingerprint density at radius 1 is 1.23 bits per heavy atom. The fourth-order valence-electron chi connectivity index (χ4n) is 2.90. The topological polar surface area (TPSA) is 114 Å². The number of ether oxygens (including phenoxy) is 1. The van der Waals surface area contributed by atoms with Crippen molar-refractivity contribution in [2.75, 3.05) is 7.11 Å². The zero-order valence-electron chi connectivity index (χ0n) is 16.3. The number of hydrogen-bond acceptors (Lipinski definition) is 6. The normalized spacial score (nSPS) is 13.2. The zero-order valence-corrected chi connectivity index (χ0v) is 16.3. The van der Waals surface area contributed by atoms with Gasteiger partial charge >= 0.3 is 6.18 Å². The maximum Gasteiger partial charge on any atom is 0.435 e. The number of alkyl halides is 3. The van der Waals surface area contributed by atoms with Crippen LogP contribution in [0.1, 0.15) is 34.8 Å². The predicted octanol–water partition coefficient (Wildman–Crippen LogP) is 2.22. The molecule has 3 aromatic rings. The highest BCUT2D eigenvalue weighted by Crippen LogP contribution is 2.28. The van der Waals surface area contributed by atoms with Gasteiger partial charge in [-0.1, -0.05) is 0 Å². The standard InChI is InChI=1S/C12H14N4O.C6H6F3N3O/c1-17-11-8-9(5-6-13-11)12-14-10-4-2-3-7-16(10)15-12;1-12-3(5(10)13)2-4(11-12)6(7,8)9/h5-6,8H,2-4,7H2,1H3;2H,1H3,(H2,10,13). The van der Waals surface area contributed by atoms with E-state index in [2.05, 4.69) is 20.2 Å². The summed E-state index contributed by atoms with van der Waals surface area (Å²) in [6, 6.07) is 4.38. The number of hydrogen-bond donors (Lipinski definition) is 1. The maximum atomic E-state index is 12.0. The Hall–Kier alpha value is -3.44. The molecule has 0 unspecified atom stereocenters. The van der Waals surface area contributed by atoms with Crippen LogP contribution in [0, 0.1) is 0 Å². The molecule has 0 saturated heterocycles. The molecule has 12 heteroatoms. The van der Waals surface area contributed by atoms with E-state index in [1.54, 1.807) is 13.3 Å². The Balaban J connectivity index is 0.000000178. The van der Waals surface area contributed by atoms with Gasteiger partial charge in [-0.15, -0.1) is 0 Å². The second-order valence-corrected chi connectivity index (χ2v) is 6.52. The van der Waals surface area contributed by atoms with Crippen molar-refractivity contribution in [3.63, 3.8) is 0 Å². The lowest BCUT2D eigenvalue weighted by Crippen LogP contribution is -2.15. The molecular formula is C18H20F3N7O2. The van der Waals surface area contributed by atoms with Crippen LogP contribution >= 0.6 is 0 Å². The monoisotopic (exact) mass is 423 g/mol. The highest BCUT2D eigenvalue weighted by molar-refractivity contribution is 5.91. The number of aryl methyl sites for hydroxylation is 3. The van der Waals surface area contributed by atoms with E-state index in [0.717, 1.165) is 34.9 Å². The van der Waals surface area contributed by atoms with Gasteiger partial charge in [-0.25, -0.2) is 14.6 Å². The maximum absolute atomic E-state index is 12.0. The summed E-state index contributed by atoms with van der Waals surface area (Å²) in [5.41, 5.74) is 4.37. The highest BCUT2D eigenvalue weighted by atomic mass is 19.4. The number of carbonyl (C=O) groups excluding carboxylic acids is 1. The molecule has 3 aromatic heterocycles. The molecule has 0 radical (unpaired) electrons. The molecule has 0 fully saturated rings. The van der Waals surface area contributed by atoms with Crippen LogP contribution in [0.3, 0.4) is 0 Å². The second-order valence-electron chi connectivity index (χ2n) is 6.52. The lowest BCUT2D eigenvalue weighted by molar-refractivity contribution is -0.141. The van der Waals surface area contributed by atoms with Crippen molar-refractivity contribution in [1.29, 1.82) is 0 Å². The van der Waals surface area contributed by atoms with Crippen LogP contribution in [0.5, 0.6) is 5.88 Å². The van der Waals surface area contributed by atoms with E-state index in [1.165, 1.54) is 19.9 Å². The van der Waals surface area contributed by atoms with E-state index in [1.807, 2.05) is 16.8 Å². The summed E-state index contributed by atoms with van der Waals surface area (Å²) < 4.78 is 44.0. The van der Waals surface area contributed by atoms with Crippen molar-refractivity contribution in [2.45, 2.75) is 32.0 Å². The van der Waals surface area contributed by atoms with Gasteiger partial charge in [0, 0.05) is 43.9 Å². The number of nitrogens with zero attached hydrogens (tertiary/aromatic N) is 6. The number of pyridine rings is 1. The Morgan fingerprint density at radius 3 is 2.57 bits per heavy atom. The average molecular weight is 423 g/mol. The number of fused-ring (bicyclic) bond motifs is 1. The summed E-state index contributed by atoms with van der Waals surface area (Å²) in [4.78, 5) is 19.2. The fourth-order valence-corrected chi connectivity index (χ4v) is 2.90. The van der Waals surface area contributed by atoms with E-state index in [4.69, 9.17) is 10.5 Å². The molecule has 0 bridgehead atoms. The second kappa shape index (κ2) is 8.51. The minimum Gasteiger partial charge on any atom is -0.481 e. The van der Waals surface area contributed by atoms with Gasteiger partial charge in [0.25, 0.3) is 5.91 Å². The Morgan fingerprint density at radius 2 is 2.00 bits per heavy atom. The molecule has 1 aliphatic rings. The van der Waals surface area contributed by atoms with E-state index in [0.29, 0.717) is 11.9 Å². The number of aromatic nitrogens is 6. The highest BCUT2D eigenvalue weighted by Gasteiger charge is 2.35. The van der Waals surface area contributed by atoms with Gasteiger partial charge in [0.2, 0.25) is 5.88 Å². The molecule has 160 valence electrons. The van der Waals surface area contributed by atoms with Gasteiger partial charge in [-0.05, 0) is 18.9 Å². The van der Waals surface area contributed by atoms with Crippen molar-refractivity contribution >= 4 is 5.91 Å². The summed E-state index contributed by atoms with van der Waals surface area (Å²) in [6.45, 7) is 0.977. The van der Waals surface area contributed by atoms with E-state index >= 15 is 0 Å². The Kier molecular flexibility index (Phi) is 6.04. The first-order chi connectivity index (χ1) is 14.2. The molecule has 2 N–H and O–H groups in total. The SMILES string of the molecule is COc1cc(-c2nc3n(n2)CCCC3)ccn1.Cn1nc(C(F)(F)F)cc1C(N)=O. The Bertz CT molecular complexity index is 1020. The van der Waals surface area contributed by atoms with Crippen LogP contribution in [0.4, 0.5) is 13.2 Å². The summed E-state index contributed by atoms with van der Waals surface area (Å²) >= 11 is 0. The quantitative estimate of drug-likeness (QED) is 0.691. The first-order valence-corrected chi connectivity index (χ1v) is 9.04. The molecule has 0 spiro atoms. The first kappa shape index (κ1) is 21.3. The third-order valence-electron chi connectivity index (χ3n) is 4.39. The lowest BCUT2D eigenvalue weighted by Gasteiger charge is -2.09. The first-order valence-electron chi connectivity index (χ1n) is 9.04. The molecule has 1 aliphatic heterocycles. The largest absolute Gasteiger partial charge is 0.481 e. The van der Waals surface area contributed by atoms with Gasteiger partial charge < -0.3 is 10.5 Å². The molecular weight excluding hydrogens is 403 g/mol. The molecule has 1 amide bonds. The summed E-state index contributed by atoms with van der Waals surface area (Å²) in [7, 11) is 2.83. The number of methoxy groups -OCH3 is 1. The third kappa shape index (κ3) is 4.75. The van der Waals surface area contributed by atoms with Crippen molar-refractivity contribution in [3.8, 4) is 17.3 Å². The molecule has 9 nitrogen and oxygen atoms in total. The van der Waals surface area contributed by atoms with Gasteiger partial charge in [0.05, 0.1) is 7.11 Å². The van der Waals surface area contributed by atoms with Crippen LogP contribution in [-0.2, 0) is 26.2 Å². The molecule has 30 heavy (non-hydrogen) atoms. The minimum absolute atomic E-state index is 0.271. The Labute approximate surface area is 169 Å². The smallest absolute Gasteiger partial charge is 0.435 e. The van der Waals surface area contributed by atoms with Crippen molar-refractivity contribution in [1.82, 2.24) is 29.5 Å². The molecule has 4 heterocycles. The van der Waals surface area contributed by atoms with Gasteiger partial charge in [0.1, 0.15) is 11.5 Å². The van der Waals surface area contributed by atoms with Crippen molar-refractivity contribution in [3.05, 3.63) is 41.6 Å². The average Bonchev–Trinajstić information content (AvgIpc) is 3.32. The van der Waals surface area contributed by atoms with Crippen LogP contribution in [-0.4, -0.2) is 42.5 Å². The lowest BCUT2D eigenvalue weighted by atomic mass is 10.2. The molecule has 0 aliphatic carbocycles. The van der Waals surface area contributed by atoms with Crippen molar-refractivity contribution in [2.24, 2.45) is 12.8 Å². The number of rotatable bonds is 3. The van der Waals surface area contributed by atoms with Crippen LogP contribution in [0.25, 0.3) is 11.4 Å². The van der Waals surface area contributed by atoms with E-state index < -0.39 is 17.8 Å². The van der Waals surface area contributed by atoms with Crippen molar-refractivity contribution < 1.29 is 22.7 Å². The number of halogens is 3. The molecule has 0 atom stereocenters. The van der Waals surface area contributed by atoms with Gasteiger partial charge in [0.15, 0.2) is 11.5 Å². The number of nitrogens with two attached hydrogens (primary N) is 1. The number of amides is 1. The van der Waals surface area contributed by atoms with E-state index in [-0.39, 0.29) is 5.69 Å². The van der Waals surface area contributed by atoms with E-state index in [9.17, 15) is 18.0 Å². The summed E-state index contributed by atoms with van der Waals surface area (Å²) in [5.74, 6) is 1.51.